The summed E-state index contributed by atoms with van der Waals surface area (Å²) in [4.78, 5) is 0. The summed E-state index contributed by atoms with van der Waals surface area (Å²) in [6.45, 7) is 8.22. The van der Waals surface area contributed by atoms with E-state index in [-0.39, 0.29) is 6.04 Å². The average molecular weight is 229 g/mol. The van der Waals surface area contributed by atoms with Gasteiger partial charge in [-0.3, -0.25) is 0 Å². The Kier molecular flexibility index (Phi) is 3.03. The van der Waals surface area contributed by atoms with Crippen molar-refractivity contribution >= 4 is 0 Å². The molecule has 17 heavy (non-hydrogen) atoms. The second-order valence-corrected chi connectivity index (χ2v) is 4.59. The summed E-state index contributed by atoms with van der Waals surface area (Å²) in [6, 6.07) is 8.29. The highest BCUT2D eigenvalue weighted by atomic mass is 15.3. The molecule has 0 amide bonds. The normalized spacial score (nSPS) is 12.8. The molecule has 2 N–H and O–H groups in total. The molecule has 1 unspecified atom stereocenters. The third-order valence-electron chi connectivity index (χ3n) is 3.29. The number of benzene rings is 1. The molecule has 1 heterocycles. The summed E-state index contributed by atoms with van der Waals surface area (Å²) >= 11 is 0. The van der Waals surface area contributed by atoms with Crippen LogP contribution in [0.1, 0.15) is 35.5 Å². The van der Waals surface area contributed by atoms with Crippen LogP contribution in [0.15, 0.2) is 24.3 Å². The molecule has 90 valence electrons. The standard InChI is InChI=1S/C14H19N3/c1-9-11(3)16-17(12(9)4)14-7-5-6-13(8-14)10(2)15/h5-8,10H,15H2,1-4H3. The predicted octanol–water partition coefficient (Wildman–Crippen LogP) is 2.82. The fourth-order valence-electron chi connectivity index (χ4n) is 1.91. The van der Waals surface area contributed by atoms with Crippen LogP contribution in [0, 0.1) is 20.8 Å². The number of hydrogen-bond donors (Lipinski definition) is 1. The van der Waals surface area contributed by atoms with Crippen molar-refractivity contribution in [2.24, 2.45) is 5.73 Å². The monoisotopic (exact) mass is 229 g/mol. The molecule has 0 aliphatic heterocycles. The van der Waals surface area contributed by atoms with Crippen molar-refractivity contribution in [3.63, 3.8) is 0 Å². The maximum Gasteiger partial charge on any atom is 0.0652 e. The quantitative estimate of drug-likeness (QED) is 0.860. The van der Waals surface area contributed by atoms with Crippen LogP contribution < -0.4 is 5.73 Å². The first kappa shape index (κ1) is 11.9. The minimum absolute atomic E-state index is 0.0491. The topological polar surface area (TPSA) is 43.8 Å². The Labute approximate surface area is 102 Å². The fourth-order valence-corrected chi connectivity index (χ4v) is 1.91. The molecule has 0 aliphatic rings. The lowest BCUT2D eigenvalue weighted by molar-refractivity contribution is 0.800. The Morgan fingerprint density at radius 1 is 1.24 bits per heavy atom. The van der Waals surface area contributed by atoms with Gasteiger partial charge >= 0.3 is 0 Å². The molecule has 0 fully saturated rings. The lowest BCUT2D eigenvalue weighted by Crippen LogP contribution is -2.06. The largest absolute Gasteiger partial charge is 0.324 e. The van der Waals surface area contributed by atoms with Crippen LogP contribution in [-0.4, -0.2) is 9.78 Å². The van der Waals surface area contributed by atoms with E-state index in [1.165, 1.54) is 11.3 Å². The van der Waals surface area contributed by atoms with Crippen molar-refractivity contribution in [3.05, 3.63) is 46.8 Å². The van der Waals surface area contributed by atoms with E-state index < -0.39 is 0 Å². The first-order chi connectivity index (χ1) is 8.00. The molecule has 0 saturated heterocycles. The van der Waals surface area contributed by atoms with E-state index in [1.807, 2.05) is 30.7 Å². The van der Waals surface area contributed by atoms with Gasteiger partial charge in [0, 0.05) is 11.7 Å². The molecule has 0 saturated carbocycles. The minimum Gasteiger partial charge on any atom is -0.324 e. The van der Waals surface area contributed by atoms with E-state index in [9.17, 15) is 0 Å². The third-order valence-corrected chi connectivity index (χ3v) is 3.29. The van der Waals surface area contributed by atoms with Gasteiger partial charge in [-0.15, -0.1) is 0 Å². The maximum absolute atomic E-state index is 5.90. The smallest absolute Gasteiger partial charge is 0.0652 e. The number of hydrogen-bond acceptors (Lipinski definition) is 2. The third kappa shape index (κ3) is 2.11. The van der Waals surface area contributed by atoms with E-state index in [0.717, 1.165) is 16.9 Å². The number of aromatic nitrogens is 2. The lowest BCUT2D eigenvalue weighted by Gasteiger charge is -2.09. The number of aryl methyl sites for hydroxylation is 1. The SMILES string of the molecule is Cc1nn(-c2cccc(C(C)N)c2)c(C)c1C. The summed E-state index contributed by atoms with van der Waals surface area (Å²) in [5.74, 6) is 0. The molecule has 1 atom stereocenters. The zero-order valence-electron chi connectivity index (χ0n) is 10.9. The van der Waals surface area contributed by atoms with Gasteiger partial charge in [0.05, 0.1) is 11.4 Å². The molecule has 1 aromatic heterocycles. The van der Waals surface area contributed by atoms with Gasteiger partial charge in [-0.05, 0) is 51.0 Å². The number of nitrogens with zero attached hydrogens (tertiary/aromatic N) is 2. The first-order valence-corrected chi connectivity index (χ1v) is 5.89. The molecule has 0 aliphatic carbocycles. The van der Waals surface area contributed by atoms with Gasteiger partial charge in [-0.25, -0.2) is 4.68 Å². The van der Waals surface area contributed by atoms with Gasteiger partial charge in [0.25, 0.3) is 0 Å². The molecule has 3 heteroatoms. The summed E-state index contributed by atoms with van der Waals surface area (Å²) in [5, 5.41) is 4.56. The van der Waals surface area contributed by atoms with E-state index in [1.54, 1.807) is 0 Å². The highest BCUT2D eigenvalue weighted by Crippen LogP contribution is 2.19. The van der Waals surface area contributed by atoms with Gasteiger partial charge in [-0.2, -0.15) is 5.10 Å². The lowest BCUT2D eigenvalue weighted by atomic mass is 10.1. The molecular formula is C14H19N3. The average Bonchev–Trinajstić information content (AvgIpc) is 2.57. The maximum atomic E-state index is 5.90. The van der Waals surface area contributed by atoms with E-state index >= 15 is 0 Å². The Bertz CT molecular complexity index is 538. The van der Waals surface area contributed by atoms with Gasteiger partial charge < -0.3 is 5.73 Å². The fraction of sp³-hybridized carbons (Fsp3) is 0.357. The Balaban J connectivity index is 2.53. The van der Waals surface area contributed by atoms with E-state index in [2.05, 4.69) is 31.1 Å². The highest BCUT2D eigenvalue weighted by Gasteiger charge is 2.09. The van der Waals surface area contributed by atoms with E-state index in [0.29, 0.717) is 0 Å². The second-order valence-electron chi connectivity index (χ2n) is 4.59. The van der Waals surface area contributed by atoms with Gasteiger partial charge in [0.2, 0.25) is 0 Å². The summed E-state index contributed by atoms with van der Waals surface area (Å²) in [5.41, 5.74) is 11.6. The summed E-state index contributed by atoms with van der Waals surface area (Å²) in [7, 11) is 0. The molecular weight excluding hydrogens is 210 g/mol. The van der Waals surface area contributed by atoms with Crippen molar-refractivity contribution in [1.82, 2.24) is 9.78 Å². The zero-order valence-corrected chi connectivity index (χ0v) is 10.9. The Hall–Kier alpha value is -1.61. The van der Waals surface area contributed by atoms with Gasteiger partial charge in [0.15, 0.2) is 0 Å². The highest BCUT2D eigenvalue weighted by molar-refractivity contribution is 5.40. The Morgan fingerprint density at radius 2 is 1.94 bits per heavy atom. The molecule has 2 aromatic rings. The van der Waals surface area contributed by atoms with Crippen LogP contribution in [0.3, 0.4) is 0 Å². The predicted molar refractivity (Wildman–Crippen MR) is 70.4 cm³/mol. The Morgan fingerprint density at radius 3 is 2.47 bits per heavy atom. The van der Waals surface area contributed by atoms with Crippen LogP contribution in [0.5, 0.6) is 0 Å². The molecule has 3 nitrogen and oxygen atoms in total. The summed E-state index contributed by atoms with van der Waals surface area (Å²) < 4.78 is 1.98. The molecule has 2 rings (SSSR count). The molecule has 1 aromatic carbocycles. The van der Waals surface area contributed by atoms with E-state index in [4.69, 9.17) is 5.73 Å². The van der Waals surface area contributed by atoms with Gasteiger partial charge in [-0.1, -0.05) is 12.1 Å². The van der Waals surface area contributed by atoms with Crippen molar-refractivity contribution in [3.8, 4) is 5.69 Å². The zero-order chi connectivity index (χ0) is 12.6. The van der Waals surface area contributed by atoms with Crippen LogP contribution in [0.4, 0.5) is 0 Å². The first-order valence-electron chi connectivity index (χ1n) is 5.89. The minimum atomic E-state index is 0.0491. The second kappa shape index (κ2) is 4.34. The van der Waals surface area contributed by atoms with Crippen molar-refractivity contribution in [1.29, 1.82) is 0 Å². The van der Waals surface area contributed by atoms with Crippen LogP contribution in [0.25, 0.3) is 5.69 Å². The van der Waals surface area contributed by atoms with Crippen molar-refractivity contribution in [2.45, 2.75) is 33.7 Å². The number of rotatable bonds is 2. The number of nitrogens with two attached hydrogens (primary N) is 1. The molecule has 0 radical (unpaired) electrons. The van der Waals surface area contributed by atoms with Crippen LogP contribution >= 0.6 is 0 Å². The molecule has 0 bridgehead atoms. The van der Waals surface area contributed by atoms with Crippen LogP contribution in [0.2, 0.25) is 0 Å². The van der Waals surface area contributed by atoms with Crippen molar-refractivity contribution in [2.75, 3.05) is 0 Å². The van der Waals surface area contributed by atoms with Gasteiger partial charge in [0.1, 0.15) is 0 Å². The van der Waals surface area contributed by atoms with Crippen molar-refractivity contribution < 1.29 is 0 Å². The summed E-state index contributed by atoms with van der Waals surface area (Å²) in [6.07, 6.45) is 0. The van der Waals surface area contributed by atoms with Crippen LogP contribution in [-0.2, 0) is 0 Å². The molecule has 0 spiro atoms.